The van der Waals surface area contributed by atoms with Crippen LogP contribution in [0.25, 0.3) is 0 Å². The zero-order valence-corrected chi connectivity index (χ0v) is 4.33. The number of nitrogens with one attached hydrogen (secondary N) is 1. The smallest absolute Gasteiger partial charge is 0.108 e. The van der Waals surface area contributed by atoms with Crippen LogP contribution in [-0.2, 0) is 0 Å². The number of nitrogens with zero attached hydrogens (tertiary/aromatic N) is 1. The number of nitrogens with two attached hydrogens (primary N) is 1. The molecule has 0 fully saturated rings. The minimum absolute atomic E-state index is 1.05. The van der Waals surface area contributed by atoms with E-state index in [1.165, 1.54) is 16.4 Å². The maximum absolute atomic E-state index is 6.46. The van der Waals surface area contributed by atoms with E-state index in [9.17, 15) is 0 Å². The summed E-state index contributed by atoms with van der Waals surface area (Å²) < 4.78 is 1.21. The lowest BCUT2D eigenvalue weighted by Crippen LogP contribution is -2.19. The number of hydrogen-bond donors (Lipinski definition) is 2. The third-order valence-corrected chi connectivity index (χ3v) is 0.865. The van der Waals surface area contributed by atoms with Gasteiger partial charge in [-0.2, -0.15) is 0 Å². The molecule has 0 saturated heterocycles. The molecule has 0 rings (SSSR count). The first-order valence-electron chi connectivity index (χ1n) is 1.40. The predicted octanol–water partition coefficient (Wildman–Crippen LogP) is 0.0472. The summed E-state index contributed by atoms with van der Waals surface area (Å²) in [6.45, 7) is 0. The van der Waals surface area contributed by atoms with Crippen LogP contribution < -0.4 is 5.84 Å². The molecule has 3 N–H and O–H groups in total. The Hall–Kier alpha value is -0.220. The zero-order valence-electron chi connectivity index (χ0n) is 3.51. The topological polar surface area (TPSA) is 53.1 Å². The molecule has 0 amide bonds. The molecule has 0 aromatic rings. The molecule has 0 aromatic heterocycles. The monoisotopic (exact) mass is 105 g/mol. The van der Waals surface area contributed by atoms with Crippen LogP contribution in [0, 0.1) is 5.41 Å². The van der Waals surface area contributed by atoms with Crippen molar-refractivity contribution < 1.29 is 0 Å². The molecule has 0 radical (unpaired) electrons. The number of hydrazine groups is 1. The Morgan fingerprint density at radius 3 is 2.50 bits per heavy atom. The van der Waals surface area contributed by atoms with E-state index in [-0.39, 0.29) is 0 Å². The fraction of sp³-hybridized carbons (Fsp3) is 0.500. The molecule has 4 heteroatoms. The summed E-state index contributed by atoms with van der Waals surface area (Å²) >= 11 is 1.29. The largest absolute Gasteiger partial charge is 0.289 e. The summed E-state index contributed by atoms with van der Waals surface area (Å²) in [5.74, 6) is 5.03. The normalized spacial score (nSPS) is 7.67. The quantitative estimate of drug-likeness (QED) is 0.171. The van der Waals surface area contributed by atoms with Crippen LogP contribution in [0.4, 0.5) is 0 Å². The van der Waals surface area contributed by atoms with Gasteiger partial charge in [0.15, 0.2) is 0 Å². The fourth-order valence-corrected chi connectivity index (χ4v) is 0.158. The van der Waals surface area contributed by atoms with Gasteiger partial charge < -0.3 is 0 Å². The molecule has 0 bridgehead atoms. The molecule has 0 aliphatic heterocycles. The van der Waals surface area contributed by atoms with Gasteiger partial charge in [-0.1, -0.05) is 0 Å². The Labute approximate surface area is 41.1 Å². The van der Waals surface area contributed by atoms with Crippen LogP contribution in [0.2, 0.25) is 0 Å². The van der Waals surface area contributed by atoms with E-state index in [4.69, 9.17) is 11.3 Å². The first-order valence-corrected chi connectivity index (χ1v) is 2.58. The van der Waals surface area contributed by atoms with E-state index in [2.05, 4.69) is 0 Å². The third-order valence-electron chi connectivity index (χ3n) is 0.338. The Balaban J connectivity index is 2.96. The average molecular weight is 105 g/mol. The van der Waals surface area contributed by atoms with Crippen LogP contribution in [0.15, 0.2) is 0 Å². The molecule has 0 heterocycles. The lowest BCUT2D eigenvalue weighted by Gasteiger charge is -2.02. The summed E-state index contributed by atoms with van der Waals surface area (Å²) in [4.78, 5) is 0. The van der Waals surface area contributed by atoms with Gasteiger partial charge in [0, 0.05) is 6.26 Å². The van der Waals surface area contributed by atoms with E-state index in [1.54, 1.807) is 6.26 Å². The highest BCUT2D eigenvalue weighted by Crippen LogP contribution is 1.88. The molecule has 6 heavy (non-hydrogen) atoms. The maximum atomic E-state index is 6.46. The molecule has 0 aliphatic rings. The lowest BCUT2D eigenvalue weighted by molar-refractivity contribution is 0.753. The van der Waals surface area contributed by atoms with Gasteiger partial charge in [-0.15, -0.1) is 0 Å². The Bertz CT molecular complexity index is 46.1. The zero-order chi connectivity index (χ0) is 4.99. The highest BCUT2D eigenvalue weighted by molar-refractivity contribution is 7.96. The van der Waals surface area contributed by atoms with Gasteiger partial charge >= 0.3 is 0 Å². The molecule has 36 valence electrons. The van der Waals surface area contributed by atoms with Crippen LogP contribution >= 0.6 is 11.9 Å². The van der Waals surface area contributed by atoms with Crippen molar-refractivity contribution in [1.82, 2.24) is 4.41 Å². The van der Waals surface area contributed by atoms with Gasteiger partial charge in [0.2, 0.25) is 0 Å². The van der Waals surface area contributed by atoms with Gasteiger partial charge in [-0.3, -0.25) is 5.41 Å². The number of rotatable bonds is 2. The summed E-state index contributed by atoms with van der Waals surface area (Å²) in [6.07, 6.45) is 2.84. The van der Waals surface area contributed by atoms with Crippen LogP contribution in [0.3, 0.4) is 0 Å². The Morgan fingerprint density at radius 2 is 2.50 bits per heavy atom. The van der Waals surface area contributed by atoms with Crippen LogP contribution in [0.5, 0.6) is 0 Å². The summed E-state index contributed by atoms with van der Waals surface area (Å²) in [5.41, 5.74) is 0. The van der Waals surface area contributed by atoms with Crippen molar-refractivity contribution in [1.29, 1.82) is 5.41 Å². The molecule has 0 unspecified atom stereocenters. The molecular weight excluding hydrogens is 98.1 g/mol. The van der Waals surface area contributed by atoms with Crippen molar-refractivity contribution in [2.24, 2.45) is 5.84 Å². The van der Waals surface area contributed by atoms with Gasteiger partial charge in [-0.25, -0.2) is 10.3 Å². The summed E-state index contributed by atoms with van der Waals surface area (Å²) in [5, 5.41) is 6.46. The van der Waals surface area contributed by atoms with Crippen LogP contribution in [0.1, 0.15) is 0 Å². The molecule has 0 spiro atoms. The van der Waals surface area contributed by atoms with Gasteiger partial charge in [0.05, 0.1) is 0 Å². The predicted molar refractivity (Wildman–Crippen MR) is 28.3 cm³/mol. The maximum Gasteiger partial charge on any atom is 0.108 e. The molecule has 0 aromatic carbocycles. The van der Waals surface area contributed by atoms with E-state index in [0.29, 0.717) is 0 Å². The van der Waals surface area contributed by atoms with Gasteiger partial charge in [0.25, 0.3) is 0 Å². The average Bonchev–Trinajstić information content (AvgIpc) is 1.65. The lowest BCUT2D eigenvalue weighted by atomic mass is 11.4. The summed E-state index contributed by atoms with van der Waals surface area (Å²) in [7, 11) is 0. The van der Waals surface area contributed by atoms with Crippen LogP contribution in [-0.4, -0.2) is 17.0 Å². The fourth-order valence-electron chi connectivity index (χ4n) is 0.0527. The third kappa shape index (κ3) is 2.04. The Morgan fingerprint density at radius 1 is 2.00 bits per heavy atom. The van der Waals surface area contributed by atoms with Gasteiger partial charge in [0.1, 0.15) is 6.34 Å². The number of hydrogen-bond acceptors (Lipinski definition) is 3. The van der Waals surface area contributed by atoms with Gasteiger partial charge in [-0.05, 0) is 11.9 Å². The van der Waals surface area contributed by atoms with Crippen molar-refractivity contribution in [2.45, 2.75) is 0 Å². The molecule has 0 atom stereocenters. The first-order chi connectivity index (χ1) is 2.81. The second-order valence-corrected chi connectivity index (χ2v) is 1.46. The van der Waals surface area contributed by atoms with E-state index in [1.807, 2.05) is 0 Å². The highest BCUT2D eigenvalue weighted by Gasteiger charge is 1.77. The van der Waals surface area contributed by atoms with Crippen molar-refractivity contribution in [3.8, 4) is 0 Å². The van der Waals surface area contributed by atoms with E-state index < -0.39 is 0 Å². The van der Waals surface area contributed by atoms with Crippen molar-refractivity contribution in [3.63, 3.8) is 0 Å². The standard InChI is InChI=1S/C2H7N3S/c1-6-5(4)2-3/h2-3H,4H2,1H3. The van der Waals surface area contributed by atoms with Crippen molar-refractivity contribution in [2.75, 3.05) is 6.26 Å². The second kappa shape index (κ2) is 2.99. The summed E-state index contributed by atoms with van der Waals surface area (Å²) in [6, 6.07) is 0. The van der Waals surface area contributed by atoms with Crippen molar-refractivity contribution in [3.05, 3.63) is 0 Å². The molecule has 0 aliphatic carbocycles. The highest BCUT2D eigenvalue weighted by atomic mass is 32.2. The first kappa shape index (κ1) is 5.78. The minimum atomic E-state index is 1.05. The van der Waals surface area contributed by atoms with E-state index in [0.717, 1.165) is 6.34 Å². The molecule has 3 nitrogen and oxygen atoms in total. The minimum Gasteiger partial charge on any atom is -0.289 e. The molecular formula is C2H7N3S. The molecule has 0 saturated carbocycles. The van der Waals surface area contributed by atoms with Crippen molar-refractivity contribution >= 4 is 18.3 Å². The SMILES string of the molecule is CSN(N)C=N. The van der Waals surface area contributed by atoms with E-state index >= 15 is 0 Å². The second-order valence-electron chi connectivity index (χ2n) is 0.672. The Kier molecular flexibility index (Phi) is 2.88.